The minimum atomic E-state index is -0.316. The Labute approximate surface area is 221 Å². The third-order valence-corrected chi connectivity index (χ3v) is 6.86. The first kappa shape index (κ1) is 24.3. The number of hydrogen-bond donors (Lipinski definition) is 4. The Balaban J connectivity index is 1.37. The molecule has 2 aliphatic heterocycles. The molecule has 0 saturated heterocycles. The van der Waals surface area contributed by atoms with E-state index in [1.54, 1.807) is 6.20 Å². The van der Waals surface area contributed by atoms with Gasteiger partial charge in [-0.2, -0.15) is 0 Å². The molecule has 5 heterocycles. The fourth-order valence-electron chi connectivity index (χ4n) is 4.94. The second-order valence-electron chi connectivity index (χ2n) is 9.87. The van der Waals surface area contributed by atoms with Gasteiger partial charge in [-0.05, 0) is 69.0 Å². The minimum Gasteiger partial charge on any atom is -0.384 e. The number of H-pyrrole nitrogens is 1. The fraction of sp³-hybridized carbons (Fsp3) is 0.276. The number of aromatic amines is 1. The van der Waals surface area contributed by atoms with Gasteiger partial charge in [0.2, 0.25) is 0 Å². The van der Waals surface area contributed by atoms with Crippen LogP contribution in [0.4, 0.5) is 15.8 Å². The highest BCUT2D eigenvalue weighted by molar-refractivity contribution is 5.94. The van der Waals surface area contributed by atoms with Gasteiger partial charge in [-0.25, -0.2) is 14.4 Å². The van der Waals surface area contributed by atoms with Crippen molar-refractivity contribution in [2.24, 2.45) is 0 Å². The lowest BCUT2D eigenvalue weighted by atomic mass is 10.0. The number of nitrogens with one attached hydrogen (secondary N) is 4. The molecule has 0 fully saturated rings. The summed E-state index contributed by atoms with van der Waals surface area (Å²) in [6, 6.07) is 11.0. The lowest BCUT2D eigenvalue weighted by molar-refractivity contribution is 0.425. The molecule has 0 atom stereocenters. The van der Waals surface area contributed by atoms with E-state index in [-0.39, 0.29) is 5.82 Å². The van der Waals surface area contributed by atoms with E-state index in [0.717, 1.165) is 65.7 Å². The van der Waals surface area contributed by atoms with Crippen LogP contribution in [0.15, 0.2) is 54.7 Å². The molecule has 0 aliphatic carbocycles. The average Bonchev–Trinajstić information content (AvgIpc) is 3.37. The zero-order valence-corrected chi connectivity index (χ0v) is 21.6. The molecule has 0 spiro atoms. The maximum Gasteiger partial charge on any atom is 0.140 e. The number of hydrogen-bond acceptors (Lipinski definition) is 7. The molecule has 38 heavy (non-hydrogen) atoms. The van der Waals surface area contributed by atoms with Gasteiger partial charge >= 0.3 is 0 Å². The normalized spacial score (nSPS) is 15.2. The van der Waals surface area contributed by atoms with Crippen LogP contribution in [0.2, 0.25) is 0 Å². The number of anilines is 2. The van der Waals surface area contributed by atoms with Gasteiger partial charge < -0.3 is 25.8 Å². The standard InChI is InChI=1S/C29H31FN8/c1-38(2)14-13-32-21-16-19(15-20(30)17-21)26-28-25(8-12-34-26)36-29(37-28)22-7-11-33-24-4-3-23(35-27(22)24)18-5-9-31-10-6-18/h3-5,7-8,12,15-17,31-33H,6,9-11,13-14H2,1-2H3,(H,36,37). The third kappa shape index (κ3) is 4.90. The van der Waals surface area contributed by atoms with Gasteiger partial charge in [-0.3, -0.25) is 4.98 Å². The topological polar surface area (TPSA) is 93.8 Å². The molecule has 4 N–H and O–H groups in total. The van der Waals surface area contributed by atoms with Gasteiger partial charge in [0.05, 0.1) is 28.3 Å². The zero-order valence-electron chi connectivity index (χ0n) is 21.6. The summed E-state index contributed by atoms with van der Waals surface area (Å²) in [6.45, 7) is 4.06. The van der Waals surface area contributed by atoms with E-state index in [4.69, 9.17) is 9.97 Å². The predicted molar refractivity (Wildman–Crippen MR) is 152 cm³/mol. The summed E-state index contributed by atoms with van der Waals surface area (Å²) in [5.41, 5.74) is 8.63. The number of likely N-dealkylation sites (N-methyl/N-ethyl adjacent to an activating group) is 1. The first-order chi connectivity index (χ1) is 18.5. The summed E-state index contributed by atoms with van der Waals surface area (Å²) in [5.74, 6) is 0.407. The second kappa shape index (κ2) is 10.4. The maximum atomic E-state index is 14.6. The molecule has 4 aromatic rings. The molecule has 2 aliphatic rings. The Hall–Kier alpha value is -4.08. The van der Waals surface area contributed by atoms with E-state index >= 15 is 0 Å². The number of pyridine rings is 2. The van der Waals surface area contributed by atoms with Gasteiger partial charge in [0, 0.05) is 49.2 Å². The number of nitrogens with zero attached hydrogens (tertiary/aromatic N) is 4. The molecular weight excluding hydrogens is 479 g/mol. The van der Waals surface area contributed by atoms with Crippen LogP contribution in [0.1, 0.15) is 23.6 Å². The smallest absolute Gasteiger partial charge is 0.140 e. The van der Waals surface area contributed by atoms with Crippen LogP contribution in [0.5, 0.6) is 0 Å². The molecule has 0 amide bonds. The molecule has 6 rings (SSSR count). The predicted octanol–water partition coefficient (Wildman–Crippen LogP) is 4.37. The first-order valence-corrected chi connectivity index (χ1v) is 13.0. The summed E-state index contributed by atoms with van der Waals surface area (Å²) in [7, 11) is 4.02. The number of benzene rings is 1. The molecule has 3 aromatic heterocycles. The van der Waals surface area contributed by atoms with Crippen molar-refractivity contribution in [3.05, 3.63) is 77.8 Å². The molecule has 0 saturated carbocycles. The number of imidazole rings is 1. The van der Waals surface area contributed by atoms with Gasteiger partial charge in [0.25, 0.3) is 0 Å². The highest BCUT2D eigenvalue weighted by atomic mass is 19.1. The monoisotopic (exact) mass is 510 g/mol. The number of fused-ring (bicyclic) bond motifs is 2. The minimum absolute atomic E-state index is 0.316. The Morgan fingerprint density at radius 2 is 1.95 bits per heavy atom. The first-order valence-electron chi connectivity index (χ1n) is 13.0. The number of halogens is 1. The van der Waals surface area contributed by atoms with Crippen LogP contribution in [0, 0.1) is 5.82 Å². The van der Waals surface area contributed by atoms with Crippen molar-refractivity contribution in [3.8, 4) is 11.3 Å². The Morgan fingerprint density at radius 1 is 1.03 bits per heavy atom. The molecule has 194 valence electrons. The summed E-state index contributed by atoms with van der Waals surface area (Å²) in [5, 5.41) is 10.1. The van der Waals surface area contributed by atoms with Gasteiger partial charge in [0.1, 0.15) is 17.2 Å². The van der Waals surface area contributed by atoms with Gasteiger partial charge in [0.15, 0.2) is 0 Å². The van der Waals surface area contributed by atoms with Crippen LogP contribution >= 0.6 is 0 Å². The van der Waals surface area contributed by atoms with E-state index in [2.05, 4.69) is 55.1 Å². The largest absolute Gasteiger partial charge is 0.384 e. The molecule has 0 bridgehead atoms. The van der Waals surface area contributed by atoms with Crippen LogP contribution < -0.4 is 16.0 Å². The van der Waals surface area contributed by atoms with Crippen LogP contribution in [-0.4, -0.2) is 71.7 Å². The molecule has 8 nitrogen and oxygen atoms in total. The van der Waals surface area contributed by atoms with E-state index in [0.29, 0.717) is 29.9 Å². The van der Waals surface area contributed by atoms with Crippen molar-refractivity contribution in [1.29, 1.82) is 0 Å². The van der Waals surface area contributed by atoms with Crippen molar-refractivity contribution >= 4 is 33.6 Å². The van der Waals surface area contributed by atoms with Crippen LogP contribution in [0.3, 0.4) is 0 Å². The van der Waals surface area contributed by atoms with Crippen LogP contribution in [0.25, 0.3) is 33.4 Å². The van der Waals surface area contributed by atoms with E-state index < -0.39 is 0 Å². The van der Waals surface area contributed by atoms with Crippen molar-refractivity contribution in [2.75, 3.05) is 57.5 Å². The Kier molecular flexibility index (Phi) is 6.61. The molecule has 0 unspecified atom stereocenters. The van der Waals surface area contributed by atoms with Gasteiger partial charge in [-0.1, -0.05) is 12.2 Å². The maximum absolute atomic E-state index is 14.6. The quantitative estimate of drug-likeness (QED) is 0.293. The highest BCUT2D eigenvalue weighted by Gasteiger charge is 2.21. The Morgan fingerprint density at radius 3 is 2.79 bits per heavy atom. The van der Waals surface area contributed by atoms with E-state index in [9.17, 15) is 4.39 Å². The fourth-order valence-corrected chi connectivity index (χ4v) is 4.94. The number of aromatic nitrogens is 4. The molecule has 0 radical (unpaired) electrons. The van der Waals surface area contributed by atoms with E-state index in [1.807, 2.05) is 26.2 Å². The number of rotatable bonds is 7. The molecular formula is C29H31FN8. The lowest BCUT2D eigenvalue weighted by Gasteiger charge is -2.20. The lowest BCUT2D eigenvalue weighted by Crippen LogP contribution is -2.20. The Bertz CT molecular complexity index is 1550. The zero-order chi connectivity index (χ0) is 26.1. The second-order valence-corrected chi connectivity index (χ2v) is 9.87. The third-order valence-electron chi connectivity index (χ3n) is 6.86. The summed E-state index contributed by atoms with van der Waals surface area (Å²) in [6.07, 6.45) is 7.00. The highest BCUT2D eigenvalue weighted by Crippen LogP contribution is 2.34. The molecule has 1 aromatic carbocycles. The molecule has 9 heteroatoms. The van der Waals surface area contributed by atoms with Crippen molar-refractivity contribution in [2.45, 2.75) is 6.42 Å². The summed E-state index contributed by atoms with van der Waals surface area (Å²) in [4.78, 5) is 20.2. The van der Waals surface area contributed by atoms with Crippen molar-refractivity contribution < 1.29 is 4.39 Å². The van der Waals surface area contributed by atoms with Crippen LogP contribution in [-0.2, 0) is 0 Å². The SMILES string of the molecule is CN(C)CCNc1cc(F)cc(-c2nccc3[nH]c(C4=CCNc5ccc(C6=CCNCC6)nc54)nc23)c1. The van der Waals surface area contributed by atoms with E-state index in [1.165, 1.54) is 17.7 Å². The summed E-state index contributed by atoms with van der Waals surface area (Å²) < 4.78 is 14.6. The average molecular weight is 511 g/mol. The van der Waals surface area contributed by atoms with Gasteiger partial charge in [-0.15, -0.1) is 0 Å². The van der Waals surface area contributed by atoms with Crippen molar-refractivity contribution in [1.82, 2.24) is 30.2 Å². The van der Waals surface area contributed by atoms with Crippen molar-refractivity contribution in [3.63, 3.8) is 0 Å². The summed E-state index contributed by atoms with van der Waals surface area (Å²) >= 11 is 0.